The number of piperazine rings is 1. The summed E-state index contributed by atoms with van der Waals surface area (Å²) in [5.41, 5.74) is 4.46. The second-order valence-corrected chi connectivity index (χ2v) is 15.8. The van der Waals surface area contributed by atoms with Gasteiger partial charge in [0.25, 0.3) is 5.69 Å². The van der Waals surface area contributed by atoms with Crippen LogP contribution in [0.1, 0.15) is 74.5 Å². The van der Waals surface area contributed by atoms with Crippen molar-refractivity contribution in [3.63, 3.8) is 0 Å². The molecule has 11 nitrogen and oxygen atoms in total. The zero-order valence-electron chi connectivity index (χ0n) is 29.3. The smallest absolute Gasteiger partial charge is 0.319 e. The molecule has 0 unspecified atom stereocenters. The Morgan fingerprint density at radius 2 is 1.57 bits per heavy atom. The van der Waals surface area contributed by atoms with Gasteiger partial charge >= 0.3 is 6.03 Å². The Kier molecular flexibility index (Phi) is 9.47. The van der Waals surface area contributed by atoms with Crippen molar-refractivity contribution in [2.24, 2.45) is 23.7 Å². The van der Waals surface area contributed by atoms with E-state index >= 15 is 0 Å². The third-order valence-electron chi connectivity index (χ3n) is 12.2. The van der Waals surface area contributed by atoms with Crippen LogP contribution in [0.2, 0.25) is 0 Å². The van der Waals surface area contributed by atoms with Gasteiger partial charge in [-0.2, -0.15) is 0 Å². The first-order valence-electron chi connectivity index (χ1n) is 18.6. The number of anilines is 2. The lowest BCUT2D eigenvalue weighted by atomic mass is 9.53. The standard InChI is InChI=1S/C40H49N5O6/c1-26-36(24-43-13-15-44(16-14-43)34-9-11-35(12-10-34)45(48)49)50-38(51-37(26)31-7-5-27(25-46)6-8-31)32-3-2-4-33(20-32)41-39(47)42-40-21-28-17-29(22-40)19-30(18-28)23-40/h2-12,20,26,28-30,36-38,46H,13-19,21-25H2,1H3,(H2,41,42,47)/t26-,28?,29?,30?,36+,37+,38+,40?/m1/s1. The molecule has 11 heteroatoms. The van der Waals surface area contributed by atoms with Crippen LogP contribution in [0.3, 0.4) is 0 Å². The highest BCUT2D eigenvalue weighted by atomic mass is 16.7. The van der Waals surface area contributed by atoms with Crippen molar-refractivity contribution in [3.05, 3.63) is 99.6 Å². The first-order valence-corrected chi connectivity index (χ1v) is 18.6. The number of nitro groups is 1. The van der Waals surface area contributed by atoms with E-state index in [1.165, 1.54) is 19.3 Å². The van der Waals surface area contributed by atoms with Crippen molar-refractivity contribution in [1.82, 2.24) is 10.2 Å². The SMILES string of the molecule is C[C@@H]1[C@H](CN2CCN(c3ccc([N+](=O)[O-])cc3)CC2)O[C@H](c2cccc(NC(=O)NC34CC5CC(CC(C5)C3)C4)c2)O[C@@H]1c1ccc(CO)cc1. The van der Waals surface area contributed by atoms with Crippen LogP contribution in [0.25, 0.3) is 0 Å². The molecule has 3 aromatic rings. The fourth-order valence-electron chi connectivity index (χ4n) is 9.99. The van der Waals surface area contributed by atoms with Gasteiger partial charge < -0.3 is 30.1 Å². The lowest BCUT2D eigenvalue weighted by Crippen LogP contribution is -2.60. The molecule has 2 aliphatic heterocycles. The number of benzene rings is 3. The monoisotopic (exact) mass is 695 g/mol. The molecule has 4 atom stereocenters. The zero-order chi connectivity index (χ0) is 35.1. The van der Waals surface area contributed by atoms with E-state index in [-0.39, 0.29) is 46.9 Å². The molecular formula is C40H49N5O6. The molecule has 0 radical (unpaired) electrons. The maximum absolute atomic E-state index is 13.4. The first-order chi connectivity index (χ1) is 24.7. The Morgan fingerprint density at radius 3 is 2.20 bits per heavy atom. The average Bonchev–Trinajstić information content (AvgIpc) is 3.12. The van der Waals surface area contributed by atoms with Gasteiger partial charge in [-0.25, -0.2) is 4.79 Å². The highest BCUT2D eigenvalue weighted by Gasteiger charge is 2.51. The number of amides is 2. The number of ether oxygens (including phenoxy) is 2. The molecule has 4 saturated carbocycles. The van der Waals surface area contributed by atoms with Crippen molar-refractivity contribution in [1.29, 1.82) is 0 Å². The Bertz CT molecular complexity index is 1670. The lowest BCUT2D eigenvalue weighted by Gasteiger charge is -2.56. The van der Waals surface area contributed by atoms with Crippen LogP contribution < -0.4 is 15.5 Å². The Balaban J connectivity index is 0.955. The molecule has 270 valence electrons. The Hall–Kier alpha value is -4.03. The molecular weight excluding hydrogens is 646 g/mol. The number of carbonyl (C=O) groups excluding carboxylic acids is 1. The Morgan fingerprint density at radius 1 is 0.902 bits per heavy atom. The lowest BCUT2D eigenvalue weighted by molar-refractivity contribution is -0.384. The van der Waals surface area contributed by atoms with Gasteiger partial charge in [-0.1, -0.05) is 43.3 Å². The number of hydrogen-bond donors (Lipinski definition) is 3. The van der Waals surface area contributed by atoms with E-state index in [0.29, 0.717) is 5.69 Å². The van der Waals surface area contributed by atoms with Gasteiger partial charge in [-0.05, 0) is 91.7 Å². The highest BCUT2D eigenvalue weighted by molar-refractivity contribution is 5.90. The van der Waals surface area contributed by atoms with Gasteiger partial charge in [0.1, 0.15) is 0 Å². The van der Waals surface area contributed by atoms with Gasteiger partial charge in [0, 0.05) is 73.3 Å². The van der Waals surface area contributed by atoms with E-state index in [4.69, 9.17) is 9.47 Å². The second kappa shape index (κ2) is 14.2. The van der Waals surface area contributed by atoms with Crippen molar-refractivity contribution in [2.75, 3.05) is 42.9 Å². The van der Waals surface area contributed by atoms with Crippen molar-refractivity contribution < 1.29 is 24.3 Å². The minimum atomic E-state index is -0.636. The van der Waals surface area contributed by atoms with Crippen LogP contribution >= 0.6 is 0 Å². The van der Waals surface area contributed by atoms with E-state index in [1.807, 2.05) is 60.7 Å². The molecule has 9 rings (SSSR count). The predicted molar refractivity (Wildman–Crippen MR) is 194 cm³/mol. The fourth-order valence-corrected chi connectivity index (χ4v) is 9.99. The third-order valence-corrected chi connectivity index (χ3v) is 12.2. The van der Waals surface area contributed by atoms with Crippen LogP contribution in [-0.2, 0) is 16.1 Å². The molecule has 0 aromatic heterocycles. The van der Waals surface area contributed by atoms with E-state index in [1.54, 1.807) is 12.1 Å². The molecule has 6 fully saturated rings. The summed E-state index contributed by atoms with van der Waals surface area (Å²) in [6.07, 6.45) is 6.28. The van der Waals surface area contributed by atoms with E-state index in [0.717, 1.165) is 92.1 Å². The van der Waals surface area contributed by atoms with Crippen LogP contribution in [0.15, 0.2) is 72.8 Å². The summed E-state index contributed by atoms with van der Waals surface area (Å²) in [5.74, 6) is 2.30. The van der Waals surface area contributed by atoms with Gasteiger partial charge in [0.05, 0.1) is 23.7 Å². The van der Waals surface area contributed by atoms with Crippen LogP contribution in [0.4, 0.5) is 21.9 Å². The summed E-state index contributed by atoms with van der Waals surface area (Å²) in [5, 5.41) is 27.3. The summed E-state index contributed by atoms with van der Waals surface area (Å²) >= 11 is 0. The average molecular weight is 696 g/mol. The van der Waals surface area contributed by atoms with Crippen LogP contribution in [-0.4, -0.2) is 65.3 Å². The van der Waals surface area contributed by atoms with E-state index < -0.39 is 6.29 Å². The fraction of sp³-hybridized carbons (Fsp3) is 0.525. The summed E-state index contributed by atoms with van der Waals surface area (Å²) < 4.78 is 13.5. The van der Waals surface area contributed by atoms with E-state index in [9.17, 15) is 20.0 Å². The minimum absolute atomic E-state index is 0.0161. The maximum atomic E-state index is 13.4. The number of nitro benzene ring substituents is 1. The highest BCUT2D eigenvalue weighted by Crippen LogP contribution is 2.55. The van der Waals surface area contributed by atoms with Crippen molar-refractivity contribution in [3.8, 4) is 0 Å². The number of hydrogen-bond acceptors (Lipinski definition) is 8. The van der Waals surface area contributed by atoms with Gasteiger partial charge in [-0.3, -0.25) is 15.0 Å². The first kappa shape index (κ1) is 34.1. The number of non-ortho nitro benzene ring substituents is 1. The van der Waals surface area contributed by atoms with Gasteiger partial charge in [0.15, 0.2) is 6.29 Å². The minimum Gasteiger partial charge on any atom is -0.392 e. The second-order valence-electron chi connectivity index (χ2n) is 15.8. The molecule has 4 bridgehead atoms. The molecule has 3 aromatic carbocycles. The molecule has 3 N–H and O–H groups in total. The molecule has 4 aliphatic carbocycles. The molecule has 51 heavy (non-hydrogen) atoms. The topological polar surface area (TPSA) is 129 Å². The number of rotatable bonds is 9. The van der Waals surface area contributed by atoms with Gasteiger partial charge in [0.2, 0.25) is 0 Å². The molecule has 2 saturated heterocycles. The number of urea groups is 1. The summed E-state index contributed by atoms with van der Waals surface area (Å²) in [7, 11) is 0. The number of nitrogens with zero attached hydrogens (tertiary/aromatic N) is 3. The number of aliphatic hydroxyl groups is 1. The normalized spacial score (nSPS) is 31.7. The summed E-state index contributed by atoms with van der Waals surface area (Å²) in [6.45, 7) is 6.18. The van der Waals surface area contributed by atoms with E-state index in [2.05, 4.69) is 27.4 Å². The van der Waals surface area contributed by atoms with Crippen molar-refractivity contribution in [2.45, 2.75) is 76.1 Å². The summed E-state index contributed by atoms with van der Waals surface area (Å²) in [4.78, 5) is 28.8. The summed E-state index contributed by atoms with van der Waals surface area (Å²) in [6, 6.07) is 22.4. The van der Waals surface area contributed by atoms with Gasteiger partial charge in [-0.15, -0.1) is 0 Å². The third kappa shape index (κ3) is 7.35. The van der Waals surface area contributed by atoms with Crippen molar-refractivity contribution >= 4 is 23.1 Å². The number of carbonyl (C=O) groups is 1. The zero-order valence-corrected chi connectivity index (χ0v) is 29.3. The molecule has 0 spiro atoms. The molecule has 6 aliphatic rings. The van der Waals surface area contributed by atoms with Crippen LogP contribution in [0, 0.1) is 33.8 Å². The number of aliphatic hydroxyl groups excluding tert-OH is 1. The largest absolute Gasteiger partial charge is 0.392 e. The Labute approximate surface area is 299 Å². The molecule has 2 amide bonds. The maximum Gasteiger partial charge on any atom is 0.319 e. The predicted octanol–water partition coefficient (Wildman–Crippen LogP) is 6.79. The number of nitrogens with one attached hydrogen (secondary N) is 2. The molecule has 2 heterocycles. The van der Waals surface area contributed by atoms with Crippen LogP contribution in [0.5, 0.6) is 0 Å². The quantitative estimate of drug-likeness (QED) is 0.165.